The van der Waals surface area contributed by atoms with Gasteiger partial charge in [0.25, 0.3) is 5.91 Å². The molecule has 3 rings (SSSR count). The Hall–Kier alpha value is -2.86. The molecular formula is C20H21ClN4O2. The largest absolute Gasteiger partial charge is 0.478 e. The number of hydrogen-bond donors (Lipinski definition) is 1. The molecule has 2 aromatic heterocycles. The van der Waals surface area contributed by atoms with Crippen LogP contribution >= 0.6 is 11.6 Å². The Balaban J connectivity index is 1.58. The molecule has 0 spiro atoms. The summed E-state index contributed by atoms with van der Waals surface area (Å²) in [5.74, 6) is 0.371. The zero-order chi connectivity index (χ0) is 19.4. The number of aromatic nitrogens is 3. The van der Waals surface area contributed by atoms with Gasteiger partial charge in [-0.15, -0.1) is 0 Å². The molecule has 1 N–H and O–H groups in total. The molecule has 0 fully saturated rings. The van der Waals surface area contributed by atoms with Crippen LogP contribution in [0.15, 0.2) is 55.0 Å². The number of hydrogen-bond acceptors (Lipinski definition) is 4. The Morgan fingerprint density at radius 1 is 1.19 bits per heavy atom. The first kappa shape index (κ1) is 18.9. The lowest BCUT2D eigenvalue weighted by molar-refractivity contribution is -0.134. The zero-order valence-corrected chi connectivity index (χ0v) is 16.2. The third-order valence-corrected chi connectivity index (χ3v) is 4.26. The minimum absolute atomic E-state index is 0.214. The van der Waals surface area contributed by atoms with E-state index in [1.54, 1.807) is 55.2 Å². The smallest absolute Gasteiger partial charge is 0.263 e. The molecule has 27 heavy (non-hydrogen) atoms. The lowest BCUT2D eigenvalue weighted by Gasteiger charge is -2.25. The molecule has 0 saturated heterocycles. The van der Waals surface area contributed by atoms with Crippen molar-refractivity contribution in [1.29, 1.82) is 0 Å². The summed E-state index contributed by atoms with van der Waals surface area (Å²) < 4.78 is 7.52. The summed E-state index contributed by atoms with van der Waals surface area (Å²) in [5, 5.41) is 7.64. The van der Waals surface area contributed by atoms with Gasteiger partial charge in [0, 0.05) is 36.6 Å². The quantitative estimate of drug-likeness (QED) is 0.704. The van der Waals surface area contributed by atoms with Gasteiger partial charge < -0.3 is 10.1 Å². The number of pyridine rings is 1. The van der Waals surface area contributed by atoms with Gasteiger partial charge in [0.05, 0.1) is 11.9 Å². The molecule has 1 amide bonds. The number of nitrogens with one attached hydrogen (secondary N) is 1. The number of aryl methyl sites for hydroxylation is 1. The number of carbonyl (C=O) groups excluding carboxylic acids is 1. The van der Waals surface area contributed by atoms with Gasteiger partial charge >= 0.3 is 0 Å². The second kappa shape index (κ2) is 7.80. The summed E-state index contributed by atoms with van der Waals surface area (Å²) in [7, 11) is 1.86. The normalized spacial score (nSPS) is 11.3. The highest BCUT2D eigenvalue weighted by Crippen LogP contribution is 2.21. The Morgan fingerprint density at radius 3 is 2.52 bits per heavy atom. The van der Waals surface area contributed by atoms with Gasteiger partial charge in [-0.3, -0.25) is 14.5 Å². The highest BCUT2D eigenvalue weighted by Gasteiger charge is 2.29. The molecule has 0 bridgehead atoms. The van der Waals surface area contributed by atoms with E-state index in [0.717, 1.165) is 16.8 Å². The Bertz CT molecular complexity index is 918. The maximum absolute atomic E-state index is 12.5. The van der Waals surface area contributed by atoms with Gasteiger partial charge in [-0.25, -0.2) is 0 Å². The molecule has 0 radical (unpaired) electrons. The third kappa shape index (κ3) is 4.86. The number of amides is 1. The number of rotatable bonds is 6. The molecule has 0 aliphatic rings. The molecule has 0 unspecified atom stereocenters. The summed E-state index contributed by atoms with van der Waals surface area (Å²) >= 11 is 5.87. The van der Waals surface area contributed by atoms with E-state index in [4.69, 9.17) is 16.3 Å². The molecule has 6 nitrogen and oxygen atoms in total. The first-order chi connectivity index (χ1) is 12.8. The molecule has 1 aromatic carbocycles. The molecule has 0 atom stereocenters. The minimum Gasteiger partial charge on any atom is -0.478 e. The van der Waals surface area contributed by atoms with Crippen LogP contribution in [0.1, 0.15) is 19.4 Å². The third-order valence-electron chi connectivity index (χ3n) is 4.01. The summed E-state index contributed by atoms with van der Waals surface area (Å²) in [6, 6.07) is 10.8. The van der Waals surface area contributed by atoms with Crippen molar-refractivity contribution in [3.05, 3.63) is 65.6 Å². The van der Waals surface area contributed by atoms with E-state index >= 15 is 0 Å². The summed E-state index contributed by atoms with van der Waals surface area (Å²) in [5.41, 5.74) is 1.67. The SMILES string of the molecule is Cn1cc(-c2ccc(CNC(=O)C(C)(C)Oc3ccc(Cl)cc3)cn2)cn1. The van der Waals surface area contributed by atoms with Crippen LogP contribution < -0.4 is 10.1 Å². The predicted octanol–water partition coefficient (Wildman–Crippen LogP) is 3.61. The van der Waals surface area contributed by atoms with Crippen molar-refractivity contribution in [2.24, 2.45) is 7.05 Å². The van der Waals surface area contributed by atoms with Crippen LogP contribution in [0.4, 0.5) is 0 Å². The monoisotopic (exact) mass is 384 g/mol. The number of ether oxygens (including phenoxy) is 1. The second-order valence-electron chi connectivity index (χ2n) is 6.70. The highest BCUT2D eigenvalue weighted by molar-refractivity contribution is 6.30. The zero-order valence-electron chi connectivity index (χ0n) is 15.4. The second-order valence-corrected chi connectivity index (χ2v) is 7.14. The molecule has 7 heteroatoms. The topological polar surface area (TPSA) is 69.0 Å². The summed E-state index contributed by atoms with van der Waals surface area (Å²) in [4.78, 5) is 16.9. The van der Waals surface area contributed by atoms with Crippen LogP contribution in [0.2, 0.25) is 5.02 Å². The predicted molar refractivity (Wildman–Crippen MR) is 104 cm³/mol. The molecule has 0 saturated carbocycles. The van der Waals surface area contributed by atoms with Crippen molar-refractivity contribution in [3.8, 4) is 17.0 Å². The Kier molecular flexibility index (Phi) is 5.46. The van der Waals surface area contributed by atoms with Gasteiger partial charge in [-0.2, -0.15) is 5.10 Å². The van der Waals surface area contributed by atoms with E-state index in [-0.39, 0.29) is 5.91 Å². The molecule has 3 aromatic rings. The molecule has 0 aliphatic heterocycles. The van der Waals surface area contributed by atoms with Gasteiger partial charge in [0.2, 0.25) is 0 Å². The minimum atomic E-state index is -1.02. The first-order valence-electron chi connectivity index (χ1n) is 8.50. The summed E-state index contributed by atoms with van der Waals surface area (Å²) in [6.07, 6.45) is 5.41. The van der Waals surface area contributed by atoms with Gasteiger partial charge in [-0.05, 0) is 49.7 Å². The van der Waals surface area contributed by atoms with E-state index in [9.17, 15) is 4.79 Å². The Morgan fingerprint density at radius 2 is 1.93 bits per heavy atom. The first-order valence-corrected chi connectivity index (χ1v) is 8.88. The highest BCUT2D eigenvalue weighted by atomic mass is 35.5. The Labute approximate surface area is 163 Å². The number of nitrogens with zero attached hydrogens (tertiary/aromatic N) is 3. The fraction of sp³-hybridized carbons (Fsp3) is 0.250. The fourth-order valence-corrected chi connectivity index (χ4v) is 2.62. The lowest BCUT2D eigenvalue weighted by atomic mass is 10.1. The van der Waals surface area contributed by atoms with Gasteiger partial charge in [0.1, 0.15) is 5.75 Å². The van der Waals surface area contributed by atoms with E-state index in [0.29, 0.717) is 17.3 Å². The maximum Gasteiger partial charge on any atom is 0.263 e. The standard InChI is InChI=1S/C20H21ClN4O2/c1-20(2,27-17-7-5-16(21)6-8-17)19(26)23-11-14-4-9-18(22-10-14)15-12-24-25(3)13-15/h4-10,12-13H,11H2,1-3H3,(H,23,26). The number of halogens is 1. The van der Waals surface area contributed by atoms with Crippen molar-refractivity contribution < 1.29 is 9.53 Å². The van der Waals surface area contributed by atoms with Crippen molar-refractivity contribution in [1.82, 2.24) is 20.1 Å². The van der Waals surface area contributed by atoms with Crippen molar-refractivity contribution in [3.63, 3.8) is 0 Å². The van der Waals surface area contributed by atoms with E-state index in [1.165, 1.54) is 0 Å². The van der Waals surface area contributed by atoms with Crippen molar-refractivity contribution in [2.75, 3.05) is 0 Å². The van der Waals surface area contributed by atoms with Gasteiger partial charge in [-0.1, -0.05) is 17.7 Å². The number of benzene rings is 1. The van der Waals surface area contributed by atoms with E-state index in [2.05, 4.69) is 15.4 Å². The van der Waals surface area contributed by atoms with Crippen molar-refractivity contribution >= 4 is 17.5 Å². The molecular weight excluding hydrogens is 364 g/mol. The fourth-order valence-electron chi connectivity index (χ4n) is 2.49. The van der Waals surface area contributed by atoms with E-state index < -0.39 is 5.60 Å². The average Bonchev–Trinajstić information content (AvgIpc) is 3.08. The summed E-state index contributed by atoms with van der Waals surface area (Å²) in [6.45, 7) is 3.81. The molecule has 140 valence electrons. The molecule has 0 aliphatic carbocycles. The maximum atomic E-state index is 12.5. The lowest BCUT2D eigenvalue weighted by Crippen LogP contribution is -2.46. The van der Waals surface area contributed by atoms with Crippen LogP contribution in [0.3, 0.4) is 0 Å². The van der Waals surface area contributed by atoms with Crippen molar-refractivity contribution in [2.45, 2.75) is 26.0 Å². The van der Waals surface area contributed by atoms with Gasteiger partial charge in [0.15, 0.2) is 5.60 Å². The van der Waals surface area contributed by atoms with Crippen LogP contribution in [0.5, 0.6) is 5.75 Å². The van der Waals surface area contributed by atoms with Crippen LogP contribution in [-0.2, 0) is 18.4 Å². The van der Waals surface area contributed by atoms with Crippen LogP contribution in [0.25, 0.3) is 11.3 Å². The van der Waals surface area contributed by atoms with Crippen LogP contribution in [0, 0.1) is 0 Å². The van der Waals surface area contributed by atoms with E-state index in [1.807, 2.05) is 25.4 Å². The average molecular weight is 385 g/mol. The number of carbonyl (C=O) groups is 1. The molecule has 2 heterocycles. The van der Waals surface area contributed by atoms with Crippen LogP contribution in [-0.4, -0.2) is 26.3 Å².